The molecule has 33 heavy (non-hydrogen) atoms. The Bertz CT molecular complexity index is 1090. The average molecular weight is 514 g/mol. The van der Waals surface area contributed by atoms with E-state index in [1.54, 1.807) is 57.2 Å². The van der Waals surface area contributed by atoms with Gasteiger partial charge in [-0.2, -0.15) is 0 Å². The second-order valence-electron chi connectivity index (χ2n) is 7.67. The molecule has 0 aliphatic rings. The molecule has 0 unspecified atom stereocenters. The average Bonchev–Trinajstić information content (AvgIpc) is 2.74. The third-order valence-electron chi connectivity index (χ3n) is 5.12. The van der Waals surface area contributed by atoms with Crippen molar-refractivity contribution < 1.29 is 18.0 Å². The molecule has 0 heterocycles. The van der Waals surface area contributed by atoms with Crippen molar-refractivity contribution in [2.45, 2.75) is 39.8 Å². The Balaban J connectivity index is 2.46. The van der Waals surface area contributed by atoms with Gasteiger partial charge >= 0.3 is 0 Å². The van der Waals surface area contributed by atoms with Crippen LogP contribution in [-0.2, 0) is 26.2 Å². The number of halogens is 2. The Morgan fingerprint density at radius 3 is 2.18 bits per heavy atom. The Morgan fingerprint density at radius 1 is 1.03 bits per heavy atom. The number of rotatable bonds is 10. The third kappa shape index (κ3) is 7.35. The Hall–Kier alpha value is -2.29. The number of anilines is 1. The van der Waals surface area contributed by atoms with Crippen LogP contribution in [0.5, 0.6) is 0 Å². The number of hydrogen-bond acceptors (Lipinski definition) is 4. The number of aryl methyl sites for hydroxylation is 1. The Labute approximate surface area is 205 Å². The molecule has 0 aliphatic heterocycles. The van der Waals surface area contributed by atoms with Crippen LogP contribution >= 0.6 is 23.2 Å². The van der Waals surface area contributed by atoms with Gasteiger partial charge in [-0.1, -0.05) is 48.3 Å². The summed E-state index contributed by atoms with van der Waals surface area (Å²) in [5, 5.41) is 3.65. The van der Waals surface area contributed by atoms with Gasteiger partial charge in [0.05, 0.1) is 11.9 Å². The maximum Gasteiger partial charge on any atom is 0.244 e. The van der Waals surface area contributed by atoms with Gasteiger partial charge in [0, 0.05) is 23.1 Å². The van der Waals surface area contributed by atoms with Gasteiger partial charge in [0.25, 0.3) is 0 Å². The molecular weight excluding hydrogens is 485 g/mol. The molecular formula is C23H29Cl2N3O4S. The van der Waals surface area contributed by atoms with Crippen LogP contribution in [0.2, 0.25) is 10.0 Å². The normalized spacial score (nSPS) is 12.2. The molecule has 0 fully saturated rings. The summed E-state index contributed by atoms with van der Waals surface area (Å²) in [5.74, 6) is -0.806. The molecule has 2 amide bonds. The highest BCUT2D eigenvalue weighted by molar-refractivity contribution is 7.92. The maximum atomic E-state index is 13.5. The minimum atomic E-state index is -3.82. The molecule has 2 rings (SSSR count). The molecule has 180 valence electrons. The summed E-state index contributed by atoms with van der Waals surface area (Å²) in [7, 11) is -3.82. The van der Waals surface area contributed by atoms with E-state index in [1.165, 1.54) is 11.0 Å². The molecule has 0 saturated carbocycles. The number of carbonyl (C=O) groups excluding carboxylic acids is 2. The number of carbonyl (C=O) groups is 2. The lowest BCUT2D eigenvalue weighted by atomic mass is 10.1. The second kappa shape index (κ2) is 11.7. The molecule has 2 aromatic rings. The molecule has 1 atom stereocenters. The highest BCUT2D eigenvalue weighted by Crippen LogP contribution is 2.27. The SMILES string of the molecule is CCNC(=O)[C@H](CC)N(Cc1ccc(Cl)cc1)C(=O)CN(c1cc(Cl)ccc1C)S(C)(=O)=O. The molecule has 10 heteroatoms. The number of amides is 2. The fourth-order valence-corrected chi connectivity index (χ4v) is 4.64. The predicted molar refractivity (Wildman–Crippen MR) is 133 cm³/mol. The van der Waals surface area contributed by atoms with E-state index in [0.717, 1.165) is 16.1 Å². The van der Waals surface area contributed by atoms with E-state index in [-0.39, 0.29) is 12.5 Å². The van der Waals surface area contributed by atoms with Gasteiger partial charge < -0.3 is 10.2 Å². The summed E-state index contributed by atoms with van der Waals surface area (Å²) in [5.41, 5.74) is 1.73. The number of nitrogens with one attached hydrogen (secondary N) is 1. The van der Waals surface area contributed by atoms with Gasteiger partial charge in [-0.05, 0) is 55.7 Å². The van der Waals surface area contributed by atoms with E-state index in [1.807, 2.05) is 0 Å². The molecule has 1 N–H and O–H groups in total. The number of benzene rings is 2. The van der Waals surface area contributed by atoms with Crippen LogP contribution in [0.4, 0.5) is 5.69 Å². The zero-order valence-corrected chi connectivity index (χ0v) is 21.5. The number of hydrogen-bond donors (Lipinski definition) is 1. The predicted octanol–water partition coefficient (Wildman–Crippen LogP) is 4.01. The summed E-state index contributed by atoms with van der Waals surface area (Å²) in [4.78, 5) is 27.7. The van der Waals surface area contributed by atoms with Gasteiger partial charge in [0.2, 0.25) is 21.8 Å². The fraction of sp³-hybridized carbons (Fsp3) is 0.391. The lowest BCUT2D eigenvalue weighted by Crippen LogP contribution is -2.52. The number of sulfonamides is 1. The zero-order chi connectivity index (χ0) is 24.8. The van der Waals surface area contributed by atoms with Gasteiger partial charge in [-0.15, -0.1) is 0 Å². The number of likely N-dealkylation sites (N-methyl/N-ethyl adjacent to an activating group) is 1. The van der Waals surface area contributed by atoms with Crippen LogP contribution in [0.1, 0.15) is 31.4 Å². The van der Waals surface area contributed by atoms with Crippen molar-refractivity contribution >= 4 is 50.7 Å². The summed E-state index contributed by atoms with van der Waals surface area (Å²) in [6.07, 6.45) is 1.39. The van der Waals surface area contributed by atoms with E-state index >= 15 is 0 Å². The summed E-state index contributed by atoms with van der Waals surface area (Å²) >= 11 is 12.1. The Morgan fingerprint density at radius 2 is 1.64 bits per heavy atom. The van der Waals surface area contributed by atoms with E-state index in [0.29, 0.717) is 34.3 Å². The quantitative estimate of drug-likeness (QED) is 0.519. The molecule has 0 aliphatic carbocycles. The van der Waals surface area contributed by atoms with Gasteiger partial charge in [-0.25, -0.2) is 8.42 Å². The first-order valence-electron chi connectivity index (χ1n) is 10.5. The van der Waals surface area contributed by atoms with E-state index in [2.05, 4.69) is 5.32 Å². The van der Waals surface area contributed by atoms with Crippen LogP contribution in [0, 0.1) is 6.92 Å². The minimum Gasteiger partial charge on any atom is -0.355 e. The summed E-state index contributed by atoms with van der Waals surface area (Å²) in [6.45, 7) is 5.40. The first-order chi connectivity index (χ1) is 15.5. The van der Waals surface area contributed by atoms with Crippen molar-refractivity contribution in [2.75, 3.05) is 23.7 Å². The first-order valence-corrected chi connectivity index (χ1v) is 13.1. The first kappa shape index (κ1) is 27.0. The van der Waals surface area contributed by atoms with Crippen LogP contribution < -0.4 is 9.62 Å². The van der Waals surface area contributed by atoms with Crippen LogP contribution in [-0.4, -0.2) is 50.5 Å². The highest BCUT2D eigenvalue weighted by Gasteiger charge is 2.32. The zero-order valence-electron chi connectivity index (χ0n) is 19.1. The smallest absolute Gasteiger partial charge is 0.244 e. The van der Waals surface area contributed by atoms with Crippen molar-refractivity contribution in [1.82, 2.24) is 10.2 Å². The van der Waals surface area contributed by atoms with Crippen LogP contribution in [0.15, 0.2) is 42.5 Å². The molecule has 2 aromatic carbocycles. The standard InChI is InChI=1S/C23H29Cl2N3O4S/c1-5-20(23(30)26-6-2)27(14-17-8-11-18(24)12-9-17)22(29)15-28(33(4,31)32)21-13-19(25)10-7-16(21)3/h7-13,20H,5-6,14-15H2,1-4H3,(H,26,30)/t20-/m0/s1. The van der Waals surface area contributed by atoms with E-state index in [4.69, 9.17) is 23.2 Å². The molecule has 7 nitrogen and oxygen atoms in total. The lowest BCUT2D eigenvalue weighted by molar-refractivity contribution is -0.140. The summed E-state index contributed by atoms with van der Waals surface area (Å²) in [6, 6.07) is 11.0. The lowest BCUT2D eigenvalue weighted by Gasteiger charge is -2.33. The maximum absolute atomic E-state index is 13.5. The van der Waals surface area contributed by atoms with Crippen LogP contribution in [0.3, 0.4) is 0 Å². The summed E-state index contributed by atoms with van der Waals surface area (Å²) < 4.78 is 26.3. The van der Waals surface area contributed by atoms with Crippen molar-refractivity contribution in [3.05, 3.63) is 63.6 Å². The van der Waals surface area contributed by atoms with Crippen molar-refractivity contribution in [3.8, 4) is 0 Å². The minimum absolute atomic E-state index is 0.123. The largest absolute Gasteiger partial charge is 0.355 e. The van der Waals surface area contributed by atoms with Crippen molar-refractivity contribution in [1.29, 1.82) is 0 Å². The topological polar surface area (TPSA) is 86.8 Å². The monoisotopic (exact) mass is 513 g/mol. The van der Waals surface area contributed by atoms with E-state index in [9.17, 15) is 18.0 Å². The van der Waals surface area contributed by atoms with Crippen molar-refractivity contribution in [2.24, 2.45) is 0 Å². The van der Waals surface area contributed by atoms with Crippen LogP contribution in [0.25, 0.3) is 0 Å². The molecule has 0 radical (unpaired) electrons. The fourth-order valence-electron chi connectivity index (χ4n) is 3.44. The van der Waals surface area contributed by atoms with E-state index < -0.39 is 28.5 Å². The molecule has 0 aromatic heterocycles. The molecule has 0 saturated heterocycles. The van der Waals surface area contributed by atoms with Crippen molar-refractivity contribution in [3.63, 3.8) is 0 Å². The third-order valence-corrected chi connectivity index (χ3v) is 6.74. The second-order valence-corrected chi connectivity index (χ2v) is 10.4. The van der Waals surface area contributed by atoms with Gasteiger partial charge in [0.1, 0.15) is 12.6 Å². The molecule has 0 spiro atoms. The van der Waals surface area contributed by atoms with Gasteiger partial charge in [0.15, 0.2) is 0 Å². The number of nitrogens with zero attached hydrogens (tertiary/aromatic N) is 2. The molecule has 0 bridgehead atoms. The van der Waals surface area contributed by atoms with Gasteiger partial charge in [-0.3, -0.25) is 13.9 Å². The Kier molecular flexibility index (Phi) is 9.57. The highest BCUT2D eigenvalue weighted by atomic mass is 35.5.